The topological polar surface area (TPSA) is 68.3 Å². The minimum absolute atomic E-state index is 0.0433. The van der Waals surface area contributed by atoms with Crippen molar-refractivity contribution in [2.24, 2.45) is 11.8 Å². The first-order chi connectivity index (χ1) is 24.5. The SMILES string of the molecule is O=C1C2=C(CC3C(=O)c4c(-c5ccccc5)ccc(-c5ccccc5)c4C(=O)C3C2)C(=O)c2c(-c3ccccc3)ccc(-c3ccccc3)c21. The lowest BCUT2D eigenvalue weighted by atomic mass is 9.61. The van der Waals surface area contributed by atoms with Gasteiger partial charge in [-0.05, 0) is 57.3 Å². The fourth-order valence-electron chi connectivity index (χ4n) is 8.28. The molecule has 6 aromatic rings. The minimum atomic E-state index is -0.752. The van der Waals surface area contributed by atoms with Gasteiger partial charge in [0.2, 0.25) is 0 Å². The van der Waals surface area contributed by atoms with E-state index in [2.05, 4.69) is 0 Å². The molecule has 0 amide bonds. The van der Waals surface area contributed by atoms with E-state index >= 15 is 0 Å². The van der Waals surface area contributed by atoms with E-state index in [1.165, 1.54) is 0 Å². The Morgan fingerprint density at radius 1 is 0.320 bits per heavy atom. The second kappa shape index (κ2) is 11.7. The second-order valence-electron chi connectivity index (χ2n) is 13.3. The molecule has 50 heavy (non-hydrogen) atoms. The van der Waals surface area contributed by atoms with Gasteiger partial charge in [-0.1, -0.05) is 146 Å². The molecular formula is C46H30O4. The highest BCUT2D eigenvalue weighted by Gasteiger charge is 2.50. The Bertz CT molecular complexity index is 2250. The summed E-state index contributed by atoms with van der Waals surface area (Å²) in [5.74, 6) is -2.29. The van der Waals surface area contributed by atoms with Crippen molar-refractivity contribution in [1.29, 1.82) is 0 Å². The van der Waals surface area contributed by atoms with Crippen LogP contribution in [0.25, 0.3) is 44.5 Å². The smallest absolute Gasteiger partial charge is 0.190 e. The Kier molecular flexibility index (Phi) is 6.99. The Balaban J connectivity index is 1.22. The average Bonchev–Trinajstić information content (AvgIpc) is 3.18. The molecule has 6 aromatic carbocycles. The number of carbonyl (C=O) groups is 4. The number of Topliss-reactive ketones (excluding diaryl/α,β-unsaturated/α-hetero) is 4. The molecule has 0 saturated heterocycles. The Morgan fingerprint density at radius 3 is 0.860 bits per heavy atom. The van der Waals surface area contributed by atoms with E-state index in [0.29, 0.717) is 55.7 Å². The Hall–Kier alpha value is -6.26. The summed E-state index contributed by atoms with van der Waals surface area (Å²) >= 11 is 0. The van der Waals surface area contributed by atoms with Crippen LogP contribution in [0.2, 0.25) is 0 Å². The van der Waals surface area contributed by atoms with E-state index < -0.39 is 11.8 Å². The van der Waals surface area contributed by atoms with Crippen LogP contribution in [-0.4, -0.2) is 23.1 Å². The van der Waals surface area contributed by atoms with E-state index in [4.69, 9.17) is 0 Å². The van der Waals surface area contributed by atoms with E-state index in [1.54, 1.807) is 0 Å². The van der Waals surface area contributed by atoms with Gasteiger partial charge in [-0.3, -0.25) is 19.2 Å². The summed E-state index contributed by atoms with van der Waals surface area (Å²) in [6, 6.07) is 46.2. The highest BCUT2D eigenvalue weighted by atomic mass is 16.1. The number of hydrogen-bond donors (Lipinski definition) is 0. The zero-order valence-electron chi connectivity index (χ0n) is 27.1. The minimum Gasteiger partial charge on any atom is -0.294 e. The predicted molar refractivity (Wildman–Crippen MR) is 195 cm³/mol. The van der Waals surface area contributed by atoms with Crippen LogP contribution in [0.5, 0.6) is 0 Å². The number of allylic oxidation sites excluding steroid dienone is 2. The Morgan fingerprint density at radius 2 is 0.580 bits per heavy atom. The van der Waals surface area contributed by atoms with Crippen molar-refractivity contribution in [2.45, 2.75) is 12.8 Å². The molecule has 0 bridgehead atoms. The van der Waals surface area contributed by atoms with Crippen molar-refractivity contribution in [2.75, 3.05) is 0 Å². The van der Waals surface area contributed by atoms with Gasteiger partial charge in [0.05, 0.1) is 0 Å². The van der Waals surface area contributed by atoms with E-state index in [-0.39, 0.29) is 36.0 Å². The van der Waals surface area contributed by atoms with Crippen molar-refractivity contribution < 1.29 is 19.2 Å². The van der Waals surface area contributed by atoms with E-state index in [0.717, 1.165) is 22.3 Å². The van der Waals surface area contributed by atoms with Crippen LogP contribution >= 0.6 is 0 Å². The molecule has 0 radical (unpaired) electrons. The Labute approximate surface area is 289 Å². The van der Waals surface area contributed by atoms with Gasteiger partial charge in [0.25, 0.3) is 0 Å². The third-order valence-electron chi connectivity index (χ3n) is 10.6. The molecule has 0 saturated carbocycles. The molecule has 0 spiro atoms. The molecule has 4 nitrogen and oxygen atoms in total. The van der Waals surface area contributed by atoms with Gasteiger partial charge in [0.15, 0.2) is 23.1 Å². The van der Waals surface area contributed by atoms with Crippen LogP contribution in [0.1, 0.15) is 54.3 Å². The van der Waals surface area contributed by atoms with E-state index in [1.807, 2.05) is 146 Å². The maximum Gasteiger partial charge on any atom is 0.190 e. The first kappa shape index (κ1) is 29.8. The number of benzene rings is 6. The monoisotopic (exact) mass is 646 g/mol. The van der Waals surface area contributed by atoms with Crippen LogP contribution < -0.4 is 0 Å². The molecule has 2 atom stereocenters. The molecular weight excluding hydrogens is 617 g/mol. The van der Waals surface area contributed by atoms with Gasteiger partial charge >= 0.3 is 0 Å². The lowest BCUT2D eigenvalue weighted by Gasteiger charge is -2.39. The van der Waals surface area contributed by atoms with Gasteiger partial charge in [0.1, 0.15) is 0 Å². The summed E-state index contributed by atoms with van der Waals surface area (Å²) in [6.45, 7) is 0. The molecule has 2 unspecified atom stereocenters. The molecule has 4 heteroatoms. The highest BCUT2D eigenvalue weighted by molar-refractivity contribution is 6.32. The van der Waals surface area contributed by atoms with Gasteiger partial charge in [-0.15, -0.1) is 0 Å². The van der Waals surface area contributed by atoms with Gasteiger partial charge in [-0.2, -0.15) is 0 Å². The van der Waals surface area contributed by atoms with Crippen molar-refractivity contribution in [3.8, 4) is 44.5 Å². The van der Waals surface area contributed by atoms with Crippen LogP contribution in [0.15, 0.2) is 157 Å². The summed E-state index contributed by atoms with van der Waals surface area (Å²) in [7, 11) is 0. The quantitative estimate of drug-likeness (QED) is 0.191. The lowest BCUT2D eigenvalue weighted by Crippen LogP contribution is -2.43. The molecule has 0 aromatic heterocycles. The van der Waals surface area contributed by atoms with Crippen molar-refractivity contribution in [1.82, 2.24) is 0 Å². The molecule has 238 valence electrons. The highest BCUT2D eigenvalue weighted by Crippen LogP contribution is 2.51. The average molecular weight is 647 g/mol. The number of hydrogen-bond acceptors (Lipinski definition) is 4. The molecule has 0 fully saturated rings. The normalized spacial score (nSPS) is 17.9. The standard InChI is InChI=1S/C46H30O4/c47-43-35-25-37-38(46(50)42-34(30-19-11-4-12-20-30)24-23-33(41(42)45(37)49)29-17-9-3-10-18-29)26-36(35)44(48)40-32(28-15-7-2-8-16-28)22-21-31(39(40)43)27-13-5-1-6-14-27/h1-24,35-36H,25-26H2. The molecule has 3 aliphatic carbocycles. The fraction of sp³-hybridized carbons (Fsp3) is 0.0870. The molecule has 3 aliphatic rings. The zero-order chi connectivity index (χ0) is 33.9. The first-order valence-corrected chi connectivity index (χ1v) is 17.0. The van der Waals surface area contributed by atoms with Crippen molar-refractivity contribution in [3.05, 3.63) is 179 Å². The third-order valence-corrected chi connectivity index (χ3v) is 10.6. The molecule has 9 rings (SSSR count). The second-order valence-corrected chi connectivity index (χ2v) is 13.3. The summed E-state index contributed by atoms with van der Waals surface area (Å²) in [5.41, 5.74) is 8.38. The first-order valence-electron chi connectivity index (χ1n) is 17.0. The van der Waals surface area contributed by atoms with Crippen molar-refractivity contribution >= 4 is 23.1 Å². The van der Waals surface area contributed by atoms with Gasteiger partial charge in [-0.25, -0.2) is 0 Å². The molecule has 0 aliphatic heterocycles. The predicted octanol–water partition coefficient (Wildman–Crippen LogP) is 10.1. The maximum atomic E-state index is 14.8. The number of fused-ring (bicyclic) bond motifs is 3. The third kappa shape index (κ3) is 4.52. The zero-order valence-corrected chi connectivity index (χ0v) is 27.1. The number of ketones is 4. The van der Waals surface area contributed by atoms with Crippen LogP contribution in [0.4, 0.5) is 0 Å². The van der Waals surface area contributed by atoms with Gasteiger partial charge < -0.3 is 0 Å². The van der Waals surface area contributed by atoms with Gasteiger partial charge in [0, 0.05) is 45.2 Å². The summed E-state index contributed by atoms with van der Waals surface area (Å²) in [4.78, 5) is 59.3. The lowest BCUT2D eigenvalue weighted by molar-refractivity contribution is 0.0709. The molecule has 0 heterocycles. The fourth-order valence-corrected chi connectivity index (χ4v) is 8.28. The largest absolute Gasteiger partial charge is 0.294 e. The summed E-state index contributed by atoms with van der Waals surface area (Å²) in [6.07, 6.45) is 0.0865. The van der Waals surface area contributed by atoms with Crippen LogP contribution in [-0.2, 0) is 0 Å². The summed E-state index contributed by atoms with van der Waals surface area (Å²) < 4.78 is 0. The van der Waals surface area contributed by atoms with Crippen molar-refractivity contribution in [3.63, 3.8) is 0 Å². The van der Waals surface area contributed by atoms with Crippen LogP contribution in [0.3, 0.4) is 0 Å². The number of rotatable bonds is 4. The summed E-state index contributed by atoms with van der Waals surface area (Å²) in [5, 5.41) is 0. The van der Waals surface area contributed by atoms with Crippen LogP contribution in [0, 0.1) is 11.8 Å². The number of carbonyl (C=O) groups excluding carboxylic acids is 4. The molecule has 0 N–H and O–H groups in total. The van der Waals surface area contributed by atoms with E-state index in [9.17, 15) is 19.2 Å². The maximum absolute atomic E-state index is 14.8.